The molecule has 88 valence electrons. The standard InChI is InChI=1S/C11H7Cl2FN2O/c1-16-10(8(13)5-15-16)11(17)6-3-2-4-7(12)9(6)14/h2-5H,1H3. The highest BCUT2D eigenvalue weighted by Gasteiger charge is 2.21. The van der Waals surface area contributed by atoms with Crippen molar-refractivity contribution in [2.24, 2.45) is 7.05 Å². The zero-order valence-electron chi connectivity index (χ0n) is 8.75. The lowest BCUT2D eigenvalue weighted by Crippen LogP contribution is -2.10. The molecule has 1 aromatic heterocycles. The predicted octanol–water partition coefficient (Wildman–Crippen LogP) is 3.10. The molecule has 2 rings (SSSR count). The molecule has 1 aromatic carbocycles. The van der Waals surface area contributed by atoms with Gasteiger partial charge in [-0.05, 0) is 12.1 Å². The Balaban J connectivity index is 2.55. The first kappa shape index (κ1) is 12.1. The molecule has 2 aromatic rings. The second-order valence-electron chi connectivity index (χ2n) is 3.40. The Morgan fingerprint density at radius 3 is 2.65 bits per heavy atom. The van der Waals surface area contributed by atoms with Gasteiger partial charge in [0.1, 0.15) is 5.69 Å². The van der Waals surface area contributed by atoms with Gasteiger partial charge in [-0.3, -0.25) is 9.48 Å². The van der Waals surface area contributed by atoms with E-state index in [0.717, 1.165) is 0 Å². The Morgan fingerprint density at radius 1 is 1.35 bits per heavy atom. The van der Waals surface area contributed by atoms with Gasteiger partial charge in [0.15, 0.2) is 5.82 Å². The van der Waals surface area contributed by atoms with Crippen molar-refractivity contribution >= 4 is 29.0 Å². The van der Waals surface area contributed by atoms with Crippen LogP contribution in [0.25, 0.3) is 0 Å². The number of hydrogen-bond acceptors (Lipinski definition) is 2. The molecule has 3 nitrogen and oxygen atoms in total. The van der Waals surface area contributed by atoms with Crippen LogP contribution in [0, 0.1) is 5.82 Å². The van der Waals surface area contributed by atoms with Crippen LogP contribution in [0.2, 0.25) is 10.0 Å². The lowest BCUT2D eigenvalue weighted by molar-refractivity contribution is 0.102. The Labute approximate surface area is 107 Å². The van der Waals surface area contributed by atoms with E-state index in [2.05, 4.69) is 5.10 Å². The summed E-state index contributed by atoms with van der Waals surface area (Å²) in [6, 6.07) is 4.23. The van der Waals surface area contributed by atoms with Crippen molar-refractivity contribution in [3.05, 3.63) is 51.5 Å². The first-order valence-electron chi connectivity index (χ1n) is 4.68. The molecule has 0 saturated heterocycles. The number of carbonyl (C=O) groups is 1. The van der Waals surface area contributed by atoms with Crippen LogP contribution in [-0.4, -0.2) is 15.6 Å². The summed E-state index contributed by atoms with van der Waals surface area (Å²) in [5.74, 6) is -1.30. The zero-order chi connectivity index (χ0) is 12.6. The van der Waals surface area contributed by atoms with Crippen LogP contribution in [0.15, 0.2) is 24.4 Å². The van der Waals surface area contributed by atoms with Gasteiger partial charge in [-0.2, -0.15) is 5.10 Å². The number of rotatable bonds is 2. The zero-order valence-corrected chi connectivity index (χ0v) is 10.3. The maximum atomic E-state index is 13.7. The van der Waals surface area contributed by atoms with Crippen molar-refractivity contribution in [3.63, 3.8) is 0 Å². The van der Waals surface area contributed by atoms with E-state index in [0.29, 0.717) is 0 Å². The molecule has 0 N–H and O–H groups in total. The Hall–Kier alpha value is -1.39. The molecule has 0 aliphatic carbocycles. The van der Waals surface area contributed by atoms with Gasteiger partial charge in [-0.25, -0.2) is 4.39 Å². The van der Waals surface area contributed by atoms with Crippen molar-refractivity contribution in [2.75, 3.05) is 0 Å². The largest absolute Gasteiger partial charge is 0.287 e. The lowest BCUT2D eigenvalue weighted by Gasteiger charge is -2.04. The third-order valence-electron chi connectivity index (χ3n) is 2.31. The Kier molecular flexibility index (Phi) is 3.17. The smallest absolute Gasteiger partial charge is 0.215 e. The number of nitrogens with zero attached hydrogens (tertiary/aromatic N) is 2. The van der Waals surface area contributed by atoms with E-state index < -0.39 is 11.6 Å². The van der Waals surface area contributed by atoms with E-state index in [4.69, 9.17) is 23.2 Å². The van der Waals surface area contributed by atoms with Crippen LogP contribution in [0.1, 0.15) is 16.1 Å². The summed E-state index contributed by atoms with van der Waals surface area (Å²) < 4.78 is 15.0. The summed E-state index contributed by atoms with van der Waals surface area (Å²) >= 11 is 11.4. The highest BCUT2D eigenvalue weighted by atomic mass is 35.5. The molecule has 0 unspecified atom stereocenters. The quantitative estimate of drug-likeness (QED) is 0.788. The molecule has 17 heavy (non-hydrogen) atoms. The monoisotopic (exact) mass is 272 g/mol. The molecular formula is C11H7Cl2FN2O. The van der Waals surface area contributed by atoms with Crippen molar-refractivity contribution in [3.8, 4) is 0 Å². The van der Waals surface area contributed by atoms with Gasteiger partial charge in [0.25, 0.3) is 0 Å². The van der Waals surface area contributed by atoms with Gasteiger partial charge < -0.3 is 0 Å². The Bertz CT molecular complexity index is 576. The van der Waals surface area contributed by atoms with Crippen LogP contribution in [0.3, 0.4) is 0 Å². The average molecular weight is 273 g/mol. The highest BCUT2D eigenvalue weighted by Crippen LogP contribution is 2.23. The fraction of sp³-hybridized carbons (Fsp3) is 0.0909. The number of halogens is 3. The summed E-state index contributed by atoms with van der Waals surface area (Å²) in [6.45, 7) is 0. The first-order chi connectivity index (χ1) is 8.02. The van der Waals surface area contributed by atoms with Gasteiger partial charge in [0.05, 0.1) is 21.8 Å². The summed E-state index contributed by atoms with van der Waals surface area (Å²) in [5.41, 5.74) is 0.0100. The van der Waals surface area contributed by atoms with E-state index >= 15 is 0 Å². The number of benzene rings is 1. The minimum Gasteiger partial charge on any atom is -0.287 e. The van der Waals surface area contributed by atoms with Crippen molar-refractivity contribution in [1.29, 1.82) is 0 Å². The van der Waals surface area contributed by atoms with Crippen LogP contribution in [-0.2, 0) is 7.05 Å². The fourth-order valence-corrected chi connectivity index (χ4v) is 1.90. The molecule has 0 fully saturated rings. The van der Waals surface area contributed by atoms with Crippen LogP contribution < -0.4 is 0 Å². The highest BCUT2D eigenvalue weighted by molar-refractivity contribution is 6.35. The molecule has 0 aliphatic heterocycles. The van der Waals surface area contributed by atoms with Gasteiger partial charge in [-0.1, -0.05) is 29.3 Å². The second-order valence-corrected chi connectivity index (χ2v) is 4.21. The predicted molar refractivity (Wildman–Crippen MR) is 63.1 cm³/mol. The number of hydrogen-bond donors (Lipinski definition) is 0. The van der Waals surface area contributed by atoms with Crippen molar-refractivity contribution < 1.29 is 9.18 Å². The lowest BCUT2D eigenvalue weighted by atomic mass is 10.1. The minimum atomic E-state index is -0.753. The SMILES string of the molecule is Cn1ncc(Cl)c1C(=O)c1cccc(Cl)c1F. The summed E-state index contributed by atoms with van der Waals surface area (Å²) in [4.78, 5) is 12.1. The second kappa shape index (κ2) is 4.47. The van der Waals surface area contributed by atoms with E-state index in [1.807, 2.05) is 0 Å². The molecule has 0 atom stereocenters. The third kappa shape index (κ3) is 2.06. The van der Waals surface area contributed by atoms with Gasteiger partial charge in [-0.15, -0.1) is 0 Å². The van der Waals surface area contributed by atoms with Crippen molar-refractivity contribution in [2.45, 2.75) is 0 Å². The minimum absolute atomic E-state index is 0.103. The van der Waals surface area contributed by atoms with E-state index in [1.54, 1.807) is 7.05 Å². The van der Waals surface area contributed by atoms with Crippen LogP contribution >= 0.6 is 23.2 Å². The van der Waals surface area contributed by atoms with Crippen LogP contribution in [0.4, 0.5) is 4.39 Å². The maximum Gasteiger partial charge on any atom is 0.215 e. The van der Waals surface area contributed by atoms with E-state index in [-0.39, 0.29) is 21.3 Å². The Morgan fingerprint density at radius 2 is 2.06 bits per heavy atom. The summed E-state index contributed by atoms with van der Waals surface area (Å²) in [5, 5.41) is 3.90. The number of ketones is 1. The number of carbonyl (C=O) groups excluding carboxylic acids is 1. The fourth-order valence-electron chi connectivity index (χ4n) is 1.47. The topological polar surface area (TPSA) is 34.9 Å². The molecule has 0 spiro atoms. The average Bonchev–Trinajstić information content (AvgIpc) is 2.62. The van der Waals surface area contributed by atoms with E-state index in [1.165, 1.54) is 29.1 Å². The normalized spacial score (nSPS) is 10.6. The molecule has 0 aliphatic rings. The van der Waals surface area contributed by atoms with Gasteiger partial charge in [0.2, 0.25) is 5.78 Å². The van der Waals surface area contributed by atoms with Gasteiger partial charge >= 0.3 is 0 Å². The maximum absolute atomic E-state index is 13.7. The molecule has 0 saturated carbocycles. The first-order valence-corrected chi connectivity index (χ1v) is 5.44. The van der Waals surface area contributed by atoms with E-state index in [9.17, 15) is 9.18 Å². The van der Waals surface area contributed by atoms with Crippen molar-refractivity contribution in [1.82, 2.24) is 9.78 Å². The summed E-state index contributed by atoms with van der Waals surface area (Å²) in [7, 11) is 1.56. The molecule has 0 radical (unpaired) electrons. The summed E-state index contributed by atoms with van der Waals surface area (Å²) in [6.07, 6.45) is 1.33. The molecule has 1 heterocycles. The number of aryl methyl sites for hydroxylation is 1. The molecule has 0 amide bonds. The van der Waals surface area contributed by atoms with Gasteiger partial charge in [0, 0.05) is 7.05 Å². The molecule has 0 bridgehead atoms. The number of aromatic nitrogens is 2. The van der Waals surface area contributed by atoms with Crippen LogP contribution in [0.5, 0.6) is 0 Å². The third-order valence-corrected chi connectivity index (χ3v) is 2.87. The molecule has 6 heteroatoms. The molecular weight excluding hydrogens is 266 g/mol.